The zero-order valence-corrected chi connectivity index (χ0v) is 19.4. The predicted octanol–water partition coefficient (Wildman–Crippen LogP) is 7.27. The van der Waals surface area contributed by atoms with Crippen LogP contribution in [0, 0.1) is 0 Å². The highest BCUT2D eigenvalue weighted by atomic mass is 35.5. The molecule has 0 atom stereocenters. The Kier molecular flexibility index (Phi) is 6.88. The molecule has 32 heavy (non-hydrogen) atoms. The third-order valence-electron chi connectivity index (χ3n) is 4.95. The van der Waals surface area contributed by atoms with Crippen molar-refractivity contribution in [2.75, 3.05) is 11.9 Å². The maximum atomic E-state index is 12.3. The van der Waals surface area contributed by atoms with Gasteiger partial charge in [0.05, 0.1) is 5.69 Å². The summed E-state index contributed by atoms with van der Waals surface area (Å²) in [7, 11) is 0. The van der Waals surface area contributed by atoms with Crippen molar-refractivity contribution in [3.05, 3.63) is 88.8 Å². The second-order valence-corrected chi connectivity index (χ2v) is 8.98. The first kappa shape index (κ1) is 22.1. The Morgan fingerprint density at radius 3 is 2.47 bits per heavy atom. The molecule has 0 spiro atoms. The fourth-order valence-corrected chi connectivity index (χ4v) is 4.13. The molecule has 1 amide bonds. The van der Waals surface area contributed by atoms with Crippen molar-refractivity contribution in [3.63, 3.8) is 0 Å². The molecule has 0 aliphatic carbocycles. The van der Waals surface area contributed by atoms with Gasteiger partial charge in [-0.05, 0) is 47.9 Å². The second kappa shape index (κ2) is 9.98. The molecule has 1 aromatic heterocycles. The Bertz CT molecular complexity index is 1200. The minimum atomic E-state index is -0.202. The largest absolute Gasteiger partial charge is 0.484 e. The maximum Gasteiger partial charge on any atom is 0.262 e. The number of halogens is 1. The number of amides is 1. The number of thiazole rings is 1. The zero-order valence-electron chi connectivity index (χ0n) is 17.8. The summed E-state index contributed by atoms with van der Waals surface area (Å²) < 4.78 is 5.65. The number of carbonyl (C=O) groups is 1. The molecule has 0 saturated carbocycles. The zero-order chi connectivity index (χ0) is 22.5. The van der Waals surface area contributed by atoms with Crippen LogP contribution in [0.3, 0.4) is 0 Å². The van der Waals surface area contributed by atoms with Crippen LogP contribution in [-0.2, 0) is 4.79 Å². The molecular formula is C26H23ClN2O2S. The summed E-state index contributed by atoms with van der Waals surface area (Å²) >= 11 is 7.55. The van der Waals surface area contributed by atoms with Crippen molar-refractivity contribution >= 4 is 34.5 Å². The summed E-state index contributed by atoms with van der Waals surface area (Å²) in [6.07, 6.45) is 0. The topological polar surface area (TPSA) is 51.2 Å². The van der Waals surface area contributed by atoms with Gasteiger partial charge in [-0.15, -0.1) is 11.3 Å². The molecule has 0 saturated heterocycles. The minimum Gasteiger partial charge on any atom is -0.484 e. The molecule has 4 nitrogen and oxygen atoms in total. The van der Waals surface area contributed by atoms with E-state index in [4.69, 9.17) is 21.3 Å². The normalized spacial score (nSPS) is 10.9. The van der Waals surface area contributed by atoms with E-state index in [0.29, 0.717) is 22.4 Å². The average Bonchev–Trinajstić information content (AvgIpc) is 3.29. The number of ether oxygens (including phenoxy) is 1. The SMILES string of the molecule is CC(C)c1cccc(OCC(=O)Nc2ccc(-c3csc(-c4ccc(Cl)cc4)n3)cc2)c1. The molecule has 0 fully saturated rings. The number of aromatic nitrogens is 1. The van der Waals surface area contributed by atoms with Gasteiger partial charge >= 0.3 is 0 Å². The predicted molar refractivity (Wildman–Crippen MR) is 133 cm³/mol. The van der Waals surface area contributed by atoms with Gasteiger partial charge < -0.3 is 10.1 Å². The number of hydrogen-bond donors (Lipinski definition) is 1. The fraction of sp³-hybridized carbons (Fsp3) is 0.154. The summed E-state index contributed by atoms with van der Waals surface area (Å²) in [5.41, 5.74) is 4.81. The monoisotopic (exact) mass is 462 g/mol. The van der Waals surface area contributed by atoms with E-state index in [1.54, 1.807) is 11.3 Å². The highest BCUT2D eigenvalue weighted by molar-refractivity contribution is 7.13. The molecule has 0 unspecified atom stereocenters. The van der Waals surface area contributed by atoms with Crippen LogP contribution in [0.15, 0.2) is 78.2 Å². The van der Waals surface area contributed by atoms with Gasteiger partial charge in [-0.3, -0.25) is 4.79 Å². The summed E-state index contributed by atoms with van der Waals surface area (Å²) in [5, 5.41) is 6.54. The van der Waals surface area contributed by atoms with E-state index in [1.807, 2.05) is 72.1 Å². The molecule has 0 aliphatic heterocycles. The van der Waals surface area contributed by atoms with E-state index in [-0.39, 0.29) is 12.5 Å². The Hall–Kier alpha value is -3.15. The van der Waals surface area contributed by atoms with Crippen molar-refractivity contribution in [2.45, 2.75) is 19.8 Å². The first-order valence-electron chi connectivity index (χ1n) is 10.3. The highest BCUT2D eigenvalue weighted by Crippen LogP contribution is 2.30. The molecule has 0 aliphatic rings. The van der Waals surface area contributed by atoms with Crippen molar-refractivity contribution in [2.24, 2.45) is 0 Å². The van der Waals surface area contributed by atoms with Gasteiger partial charge in [0, 0.05) is 27.2 Å². The first-order chi connectivity index (χ1) is 15.5. The maximum absolute atomic E-state index is 12.3. The number of carbonyl (C=O) groups excluding carboxylic acids is 1. The highest BCUT2D eigenvalue weighted by Gasteiger charge is 2.09. The molecule has 0 radical (unpaired) electrons. The smallest absolute Gasteiger partial charge is 0.262 e. The Labute approximate surface area is 196 Å². The molecule has 6 heteroatoms. The quantitative estimate of drug-likeness (QED) is 0.314. The van der Waals surface area contributed by atoms with Crippen LogP contribution in [-0.4, -0.2) is 17.5 Å². The molecule has 0 bridgehead atoms. The summed E-state index contributed by atoms with van der Waals surface area (Å²) in [5.74, 6) is 0.902. The van der Waals surface area contributed by atoms with Gasteiger partial charge in [0.2, 0.25) is 0 Å². The number of rotatable bonds is 7. The number of nitrogens with one attached hydrogen (secondary N) is 1. The van der Waals surface area contributed by atoms with Crippen LogP contribution in [0.2, 0.25) is 5.02 Å². The Morgan fingerprint density at radius 1 is 1.03 bits per heavy atom. The molecule has 162 valence electrons. The van der Waals surface area contributed by atoms with Crippen molar-refractivity contribution < 1.29 is 9.53 Å². The average molecular weight is 463 g/mol. The molecule has 4 rings (SSSR count). The number of hydrogen-bond acceptors (Lipinski definition) is 4. The molecule has 1 heterocycles. The molecule has 1 N–H and O–H groups in total. The van der Waals surface area contributed by atoms with E-state index in [2.05, 4.69) is 25.2 Å². The van der Waals surface area contributed by atoms with E-state index in [9.17, 15) is 4.79 Å². The Morgan fingerprint density at radius 2 is 1.75 bits per heavy atom. The van der Waals surface area contributed by atoms with Gasteiger partial charge in [-0.1, -0.05) is 61.8 Å². The summed E-state index contributed by atoms with van der Waals surface area (Å²) in [6.45, 7) is 4.21. The van der Waals surface area contributed by atoms with Crippen LogP contribution < -0.4 is 10.1 Å². The van der Waals surface area contributed by atoms with Gasteiger partial charge in [-0.2, -0.15) is 0 Å². The van der Waals surface area contributed by atoms with Gasteiger partial charge in [0.25, 0.3) is 5.91 Å². The van der Waals surface area contributed by atoms with Gasteiger partial charge in [0.15, 0.2) is 6.61 Å². The van der Waals surface area contributed by atoms with Gasteiger partial charge in [-0.25, -0.2) is 4.98 Å². The molecule has 3 aromatic carbocycles. The van der Waals surface area contributed by atoms with Crippen LogP contribution in [0.1, 0.15) is 25.3 Å². The van der Waals surface area contributed by atoms with Crippen molar-refractivity contribution in [1.29, 1.82) is 0 Å². The van der Waals surface area contributed by atoms with E-state index in [0.717, 1.165) is 21.8 Å². The molecular weight excluding hydrogens is 440 g/mol. The lowest BCUT2D eigenvalue weighted by Crippen LogP contribution is -2.20. The lowest BCUT2D eigenvalue weighted by atomic mass is 10.0. The van der Waals surface area contributed by atoms with Crippen LogP contribution >= 0.6 is 22.9 Å². The number of anilines is 1. The van der Waals surface area contributed by atoms with Gasteiger partial charge in [0.1, 0.15) is 10.8 Å². The second-order valence-electron chi connectivity index (χ2n) is 7.69. The lowest BCUT2D eigenvalue weighted by molar-refractivity contribution is -0.118. The van der Waals surface area contributed by atoms with E-state index >= 15 is 0 Å². The lowest BCUT2D eigenvalue weighted by Gasteiger charge is -2.10. The van der Waals surface area contributed by atoms with E-state index < -0.39 is 0 Å². The van der Waals surface area contributed by atoms with Crippen LogP contribution in [0.4, 0.5) is 5.69 Å². The number of benzene rings is 3. The summed E-state index contributed by atoms with van der Waals surface area (Å²) in [4.78, 5) is 17.0. The Balaban J connectivity index is 1.35. The van der Waals surface area contributed by atoms with Crippen molar-refractivity contribution in [3.8, 4) is 27.6 Å². The first-order valence-corrected chi connectivity index (χ1v) is 11.6. The summed E-state index contributed by atoms with van der Waals surface area (Å²) in [6, 6.07) is 23.1. The van der Waals surface area contributed by atoms with Crippen molar-refractivity contribution in [1.82, 2.24) is 4.98 Å². The van der Waals surface area contributed by atoms with E-state index in [1.165, 1.54) is 5.56 Å². The molecule has 4 aromatic rings. The fourth-order valence-electron chi connectivity index (χ4n) is 3.17. The van der Waals surface area contributed by atoms with Crippen LogP contribution in [0.25, 0.3) is 21.8 Å². The third-order valence-corrected chi connectivity index (χ3v) is 6.10. The standard InChI is InChI=1S/C26H23ClN2O2S/c1-17(2)20-4-3-5-23(14-20)31-15-25(30)28-22-12-8-18(9-13-22)24-16-32-26(29-24)19-6-10-21(27)11-7-19/h3-14,16-17H,15H2,1-2H3,(H,28,30). The number of nitrogens with zero attached hydrogens (tertiary/aromatic N) is 1. The third kappa shape index (κ3) is 5.55. The minimum absolute atomic E-state index is 0.0418. The van der Waals surface area contributed by atoms with Crippen LogP contribution in [0.5, 0.6) is 5.75 Å².